The molecule has 3 heterocycles. The van der Waals surface area contributed by atoms with Crippen molar-refractivity contribution in [1.29, 1.82) is 0 Å². The van der Waals surface area contributed by atoms with Crippen LogP contribution in [0.25, 0.3) is 151 Å². The van der Waals surface area contributed by atoms with Crippen LogP contribution in [-0.2, 0) is 6.42 Å². The Kier molecular flexibility index (Phi) is 22.1. The van der Waals surface area contributed by atoms with Gasteiger partial charge in [-0.1, -0.05) is 392 Å². The van der Waals surface area contributed by atoms with Crippen LogP contribution in [0.2, 0.25) is 0 Å². The minimum atomic E-state index is 0.608. The van der Waals surface area contributed by atoms with Crippen LogP contribution in [-0.4, -0.2) is 34.5 Å². The van der Waals surface area contributed by atoms with E-state index in [-0.39, 0.29) is 0 Å². The van der Waals surface area contributed by atoms with Gasteiger partial charge < -0.3 is 14.4 Å². The van der Waals surface area contributed by atoms with E-state index >= 15 is 0 Å². The third-order valence-corrected chi connectivity index (χ3v) is 23.3. The third kappa shape index (κ3) is 16.4. The fourth-order valence-corrected chi connectivity index (χ4v) is 17.1. The maximum atomic E-state index is 5.26. The average Bonchev–Trinajstić information content (AvgIpc) is 1.37. The van der Waals surface area contributed by atoms with Gasteiger partial charge in [-0.3, -0.25) is 0 Å². The van der Waals surface area contributed by atoms with Gasteiger partial charge in [0.2, 0.25) is 0 Å². The van der Waals surface area contributed by atoms with Crippen LogP contribution in [0.15, 0.2) is 478 Å². The van der Waals surface area contributed by atoms with E-state index < -0.39 is 0 Å². The largest absolute Gasteiger partial charge is 0.310 e. The second-order valence-corrected chi connectivity index (χ2v) is 31.5. The minimum Gasteiger partial charge on any atom is -0.310 e. The molecule has 0 spiro atoms. The van der Waals surface area contributed by atoms with Crippen LogP contribution in [0.1, 0.15) is 11.1 Å². The van der Waals surface area contributed by atoms with Crippen LogP contribution in [0.5, 0.6) is 0 Å². The van der Waals surface area contributed by atoms with Crippen molar-refractivity contribution in [3.63, 3.8) is 0 Å². The Morgan fingerprint density at radius 3 is 0.824 bits per heavy atom. The van der Waals surface area contributed by atoms with E-state index in [1.807, 2.05) is 103 Å². The number of benzene rings is 18. The SMILES string of the molecule is Brc1ccccc1.c1ccc(-c2ccc(N(c3ccc(-c4ccccc4)cc3)c3cccc4c3-c3c(cccc3-c3nc(-c5ccccc5)nc(-c5ccccc5)n3)C4)cc2)cc1.c1ccc(-c2ccc(N(c3ccc(-c4ccccc4)cc3)c3cccc4c3c3c(-c5nc(-c6ccccc6)nc(-c6ccccc6)n5)cccc3n4-c3ccccc3)cc2)cc1. The molecule has 125 heavy (non-hydrogen) atoms. The first-order valence-electron chi connectivity index (χ1n) is 42.0. The highest BCUT2D eigenvalue weighted by atomic mass is 79.9. The van der Waals surface area contributed by atoms with Gasteiger partial charge in [-0.25, -0.2) is 29.9 Å². The van der Waals surface area contributed by atoms with Crippen molar-refractivity contribution in [3.8, 4) is 130 Å². The molecule has 21 aromatic rings. The fourth-order valence-electron chi connectivity index (χ4n) is 16.8. The Hall–Kier alpha value is -16.1. The molecule has 0 atom stereocenters. The lowest BCUT2D eigenvalue weighted by molar-refractivity contribution is 1.07. The highest BCUT2D eigenvalue weighted by molar-refractivity contribution is 9.10. The summed E-state index contributed by atoms with van der Waals surface area (Å²) in [5.41, 5.74) is 29.6. The Balaban J connectivity index is 0.000000147. The summed E-state index contributed by atoms with van der Waals surface area (Å²) >= 11 is 3.31. The first kappa shape index (κ1) is 77.5. The normalized spacial score (nSPS) is 11.2. The van der Waals surface area contributed by atoms with E-state index in [1.165, 1.54) is 50.1 Å². The molecule has 0 saturated carbocycles. The van der Waals surface area contributed by atoms with E-state index in [1.54, 1.807) is 0 Å². The predicted octanol–water partition coefficient (Wildman–Crippen LogP) is 30.5. The molecule has 0 fully saturated rings. The first-order chi connectivity index (χ1) is 61.9. The molecule has 0 radical (unpaired) electrons. The van der Waals surface area contributed by atoms with Gasteiger partial charge in [0.1, 0.15) is 0 Å². The molecule has 1 aliphatic carbocycles. The van der Waals surface area contributed by atoms with Crippen molar-refractivity contribution >= 4 is 71.9 Å². The van der Waals surface area contributed by atoms with Crippen LogP contribution in [0.4, 0.5) is 34.1 Å². The molecule has 9 nitrogen and oxygen atoms in total. The van der Waals surface area contributed by atoms with Gasteiger partial charge in [0.05, 0.1) is 22.4 Å². The highest BCUT2D eigenvalue weighted by Gasteiger charge is 2.31. The van der Waals surface area contributed by atoms with Gasteiger partial charge in [-0.2, -0.15) is 0 Å². The number of hydrogen-bond acceptors (Lipinski definition) is 8. The molecule has 3 aromatic heterocycles. The van der Waals surface area contributed by atoms with Gasteiger partial charge in [0.25, 0.3) is 0 Å². The van der Waals surface area contributed by atoms with Gasteiger partial charge in [0, 0.05) is 82.6 Å². The van der Waals surface area contributed by atoms with Crippen LogP contribution < -0.4 is 9.80 Å². The number of halogens is 1. The Labute approximate surface area is 735 Å². The molecule has 0 saturated heterocycles. The molecule has 592 valence electrons. The molecule has 0 unspecified atom stereocenters. The Bertz CT molecular complexity index is 7010. The molecule has 22 rings (SSSR count). The zero-order valence-corrected chi connectivity index (χ0v) is 69.7. The summed E-state index contributed by atoms with van der Waals surface area (Å²) in [5, 5.41) is 2.14. The molecular formula is C115H80BrN9. The van der Waals surface area contributed by atoms with E-state index in [4.69, 9.17) is 29.9 Å². The number of fused-ring (bicyclic) bond motifs is 6. The van der Waals surface area contributed by atoms with E-state index in [0.29, 0.717) is 34.9 Å². The summed E-state index contributed by atoms with van der Waals surface area (Å²) in [6, 6.07) is 165. The van der Waals surface area contributed by atoms with Crippen molar-refractivity contribution < 1.29 is 0 Å². The molecular weight excluding hydrogens is 1590 g/mol. The summed E-state index contributed by atoms with van der Waals surface area (Å²) in [6.07, 6.45) is 0.822. The van der Waals surface area contributed by atoms with Gasteiger partial charge in [-0.05, 0) is 165 Å². The predicted molar refractivity (Wildman–Crippen MR) is 520 cm³/mol. The lowest BCUT2D eigenvalue weighted by atomic mass is 9.96. The van der Waals surface area contributed by atoms with E-state index in [0.717, 1.165) is 123 Å². The van der Waals surface area contributed by atoms with Crippen molar-refractivity contribution in [3.05, 3.63) is 489 Å². The maximum Gasteiger partial charge on any atom is 0.164 e. The molecule has 1 aliphatic rings. The minimum absolute atomic E-state index is 0.608. The summed E-state index contributed by atoms with van der Waals surface area (Å²) in [5.74, 6) is 3.81. The average molecular weight is 1670 g/mol. The van der Waals surface area contributed by atoms with Crippen LogP contribution in [0, 0.1) is 0 Å². The standard InChI is InChI=1S/C57H39N5.C52H36N4.C6H5Br/c1-6-18-40(19-7-1)42-32-36-47(37-33-42)61(48-38-34-43(35-39-48)41-20-8-2-9-21-41)51-30-17-31-52-54(51)53-49(28-16-29-50(53)62(52)46-26-14-5-15-27-46)57-59-55(44-22-10-3-11-23-44)58-56(60-57)45-24-12-4-13-25-45;1-5-15-36(16-6-1)38-27-31-44(32-28-38)56(45-33-29-39(30-34-45)37-17-7-2-8-18-37)47-26-14-24-43-35-42-23-13-25-46(48(42)49(43)47)52-54-50(40-19-9-3-10-20-40)53-51(55-52)41-21-11-4-12-22-41;7-6-4-2-1-3-5-6/h1-39H;1-34H,35H2;1-5H. The number of aromatic nitrogens is 7. The third-order valence-electron chi connectivity index (χ3n) is 22.7. The number of nitrogens with zero attached hydrogens (tertiary/aromatic N) is 9. The summed E-state index contributed by atoms with van der Waals surface area (Å²) in [7, 11) is 0. The van der Waals surface area contributed by atoms with Crippen LogP contribution >= 0.6 is 15.9 Å². The Morgan fingerprint density at radius 1 is 0.200 bits per heavy atom. The highest BCUT2D eigenvalue weighted by Crippen LogP contribution is 2.52. The second kappa shape index (κ2) is 35.7. The zero-order chi connectivity index (χ0) is 83.6. The molecule has 0 amide bonds. The number of para-hydroxylation sites is 1. The fraction of sp³-hybridized carbons (Fsp3) is 0.00870. The molecule has 0 bridgehead atoms. The van der Waals surface area contributed by atoms with Gasteiger partial charge in [-0.15, -0.1) is 0 Å². The topological polar surface area (TPSA) is 88.8 Å². The quantitative estimate of drug-likeness (QED) is 0.0891. The Morgan fingerprint density at radius 2 is 0.464 bits per heavy atom. The van der Waals surface area contributed by atoms with Crippen molar-refractivity contribution in [2.45, 2.75) is 6.42 Å². The van der Waals surface area contributed by atoms with Gasteiger partial charge in [0.15, 0.2) is 34.9 Å². The van der Waals surface area contributed by atoms with E-state index in [9.17, 15) is 0 Å². The van der Waals surface area contributed by atoms with Crippen molar-refractivity contribution in [1.82, 2.24) is 34.5 Å². The lowest BCUT2D eigenvalue weighted by Crippen LogP contribution is -2.11. The van der Waals surface area contributed by atoms with Gasteiger partial charge >= 0.3 is 0 Å². The summed E-state index contributed by atoms with van der Waals surface area (Å²) in [4.78, 5) is 35.7. The van der Waals surface area contributed by atoms with Crippen LogP contribution in [0.3, 0.4) is 0 Å². The molecule has 10 heteroatoms. The zero-order valence-electron chi connectivity index (χ0n) is 68.1. The number of anilines is 6. The monoisotopic (exact) mass is 1670 g/mol. The summed E-state index contributed by atoms with van der Waals surface area (Å²) in [6.45, 7) is 0. The van der Waals surface area contributed by atoms with Crippen molar-refractivity contribution in [2.75, 3.05) is 9.80 Å². The summed E-state index contributed by atoms with van der Waals surface area (Å²) < 4.78 is 3.50. The van der Waals surface area contributed by atoms with Crippen molar-refractivity contribution in [2.24, 2.45) is 0 Å². The molecule has 0 aliphatic heterocycles. The number of hydrogen-bond donors (Lipinski definition) is 0. The number of rotatable bonds is 17. The molecule has 18 aromatic carbocycles. The first-order valence-corrected chi connectivity index (χ1v) is 42.8. The molecule has 0 N–H and O–H groups in total. The smallest absolute Gasteiger partial charge is 0.164 e. The maximum absolute atomic E-state index is 5.26. The lowest BCUT2D eigenvalue weighted by Gasteiger charge is -2.28. The second-order valence-electron chi connectivity index (χ2n) is 30.6. The van der Waals surface area contributed by atoms with E-state index in [2.05, 4.69) is 400 Å².